The predicted octanol–water partition coefficient (Wildman–Crippen LogP) is -1.50. The van der Waals surface area contributed by atoms with Crippen molar-refractivity contribution in [3.8, 4) is 0 Å². The summed E-state index contributed by atoms with van der Waals surface area (Å²) in [5, 5.41) is 2.56. The Kier molecular flexibility index (Phi) is 13.6. The first kappa shape index (κ1) is 24.6. The number of rotatable bonds is 1. The van der Waals surface area contributed by atoms with Crippen LogP contribution >= 0.6 is 0 Å². The Hall–Kier alpha value is -0.662. The fourth-order valence-corrected chi connectivity index (χ4v) is 2.54. The molecule has 0 radical (unpaired) electrons. The van der Waals surface area contributed by atoms with Gasteiger partial charge in [-0.25, -0.2) is 0 Å². The second-order valence-electron chi connectivity index (χ2n) is 5.74. The van der Waals surface area contributed by atoms with Crippen molar-refractivity contribution < 1.29 is 43.8 Å². The van der Waals surface area contributed by atoms with E-state index >= 15 is 0 Å². The molecule has 139 valence electrons. The SMILES string of the molecule is CC(=O)C1C(=O)CC(C)NC1=O.N[C@@H]1CCCC[C@H]1N.O.[OH][Pt]. The zero-order chi connectivity index (χ0) is 17.3. The molecule has 0 aromatic carbocycles. The first-order valence-corrected chi connectivity index (χ1v) is 8.33. The van der Waals surface area contributed by atoms with Crippen molar-refractivity contribution in [3.05, 3.63) is 0 Å². The molecular weight excluding hydrogens is 485 g/mol. The van der Waals surface area contributed by atoms with E-state index in [1.165, 1.54) is 19.8 Å². The average Bonchev–Trinajstić information content (AvgIpc) is 2.43. The second-order valence-corrected chi connectivity index (χ2v) is 5.74. The van der Waals surface area contributed by atoms with Crippen LogP contribution in [0.15, 0.2) is 0 Å². The van der Waals surface area contributed by atoms with E-state index in [2.05, 4.69) is 5.32 Å². The van der Waals surface area contributed by atoms with Gasteiger partial charge in [-0.3, -0.25) is 14.4 Å². The van der Waals surface area contributed by atoms with Gasteiger partial charge in [0.1, 0.15) is 5.78 Å². The van der Waals surface area contributed by atoms with E-state index in [0.717, 1.165) is 33.0 Å². The van der Waals surface area contributed by atoms with Crippen LogP contribution in [0.4, 0.5) is 0 Å². The van der Waals surface area contributed by atoms with Gasteiger partial charge in [0, 0.05) is 24.5 Å². The van der Waals surface area contributed by atoms with Gasteiger partial charge in [0.15, 0.2) is 11.7 Å². The van der Waals surface area contributed by atoms with Gasteiger partial charge in [-0.1, -0.05) is 12.8 Å². The van der Waals surface area contributed by atoms with Gasteiger partial charge in [0.05, 0.1) is 0 Å². The molecule has 1 amide bonds. The summed E-state index contributed by atoms with van der Waals surface area (Å²) in [6, 6.07) is 0.424. The van der Waals surface area contributed by atoms with Crippen molar-refractivity contribution >= 4 is 17.5 Å². The van der Waals surface area contributed by atoms with Gasteiger partial charge in [0.25, 0.3) is 0 Å². The van der Waals surface area contributed by atoms with E-state index < -0.39 is 11.8 Å². The quantitative estimate of drug-likeness (QED) is 0.311. The van der Waals surface area contributed by atoms with E-state index in [-0.39, 0.29) is 41.6 Å². The van der Waals surface area contributed by atoms with Crippen molar-refractivity contribution in [3.63, 3.8) is 0 Å². The molecular formula is C14H28N3O5Pt. The number of ketones is 2. The normalized spacial score (nSPS) is 29.7. The molecule has 0 aromatic heterocycles. The second kappa shape index (κ2) is 12.7. The van der Waals surface area contributed by atoms with Crippen LogP contribution in [0.1, 0.15) is 46.0 Å². The van der Waals surface area contributed by atoms with Crippen LogP contribution < -0.4 is 16.8 Å². The minimum absolute atomic E-state index is 0. The summed E-state index contributed by atoms with van der Waals surface area (Å²) in [5.74, 6) is -2.14. The maximum absolute atomic E-state index is 11.2. The number of nitrogens with one attached hydrogen (secondary N) is 1. The van der Waals surface area contributed by atoms with Gasteiger partial charge in [-0.15, -0.1) is 0 Å². The first-order chi connectivity index (χ1) is 10.3. The minimum atomic E-state index is -1.05. The molecule has 2 fully saturated rings. The predicted molar refractivity (Wildman–Crippen MR) is 81.7 cm³/mol. The van der Waals surface area contributed by atoms with Crippen LogP contribution in [0.2, 0.25) is 0 Å². The number of hydrogen-bond donors (Lipinski definition) is 4. The van der Waals surface area contributed by atoms with Gasteiger partial charge in [-0.2, -0.15) is 0 Å². The number of piperidine rings is 1. The molecule has 4 atom stereocenters. The standard InChI is InChI=1S/C8H11NO3.C6H14N2.2H2O.Pt/c1-4-3-6(11)7(5(2)10)8(12)9-4;7-5-3-1-2-4-6(5)8;;;/h4,7H,3H2,1-2H3,(H,9,12);5-6H,1-4,7-8H2;2*1H2;/q;;;;+1/p-1/t;5-,6-;;;/m.1.../s1. The van der Waals surface area contributed by atoms with E-state index in [1.807, 2.05) is 0 Å². The summed E-state index contributed by atoms with van der Waals surface area (Å²) in [5.41, 5.74) is 11.3. The Morgan fingerprint density at radius 1 is 1.17 bits per heavy atom. The fraction of sp³-hybridized carbons (Fsp3) is 0.786. The molecule has 1 aliphatic heterocycles. The van der Waals surface area contributed by atoms with Crippen molar-refractivity contribution in [2.45, 2.75) is 64.1 Å². The third-order valence-corrected chi connectivity index (χ3v) is 3.76. The molecule has 23 heavy (non-hydrogen) atoms. The molecule has 0 aromatic rings. The molecule has 9 heteroatoms. The van der Waals surface area contributed by atoms with E-state index in [9.17, 15) is 14.4 Å². The van der Waals surface area contributed by atoms with E-state index in [1.54, 1.807) is 6.92 Å². The number of nitrogens with two attached hydrogens (primary N) is 2. The molecule has 2 aliphatic rings. The van der Waals surface area contributed by atoms with Gasteiger partial charge in [-0.05, 0) is 26.7 Å². The molecule has 1 saturated carbocycles. The monoisotopic (exact) mass is 513 g/mol. The molecule has 8 nitrogen and oxygen atoms in total. The van der Waals surface area contributed by atoms with Crippen LogP contribution in [0.5, 0.6) is 0 Å². The molecule has 0 spiro atoms. The number of amides is 1. The Bertz CT molecular complexity index is 367. The zero-order valence-corrected chi connectivity index (χ0v) is 15.8. The van der Waals surface area contributed by atoms with Crippen LogP contribution in [0.25, 0.3) is 0 Å². The average molecular weight is 513 g/mol. The molecule has 2 rings (SSSR count). The van der Waals surface area contributed by atoms with Gasteiger partial charge < -0.3 is 22.3 Å². The Morgan fingerprint density at radius 3 is 1.91 bits per heavy atom. The van der Waals surface area contributed by atoms with Crippen LogP contribution in [-0.4, -0.2) is 44.8 Å². The molecule has 1 aliphatic carbocycles. The Morgan fingerprint density at radius 2 is 1.61 bits per heavy atom. The number of hydrogen-bond acceptors (Lipinski definition) is 6. The summed E-state index contributed by atoms with van der Waals surface area (Å²) in [6.07, 6.45) is 5.06. The van der Waals surface area contributed by atoms with Crippen LogP contribution in [0.3, 0.4) is 0 Å². The summed E-state index contributed by atoms with van der Waals surface area (Å²) in [7, 11) is 0. The van der Waals surface area contributed by atoms with Crippen molar-refractivity contribution in [2.75, 3.05) is 0 Å². The maximum atomic E-state index is 11.2. The molecule has 1 saturated heterocycles. The third-order valence-electron chi connectivity index (χ3n) is 3.76. The summed E-state index contributed by atoms with van der Waals surface area (Å²) < 4.78 is 6.97. The molecule has 0 bridgehead atoms. The van der Waals surface area contributed by atoms with Crippen LogP contribution in [-0.2, 0) is 34.6 Å². The van der Waals surface area contributed by atoms with Gasteiger partial charge in [0.2, 0.25) is 5.91 Å². The number of Topliss-reactive ketones (excluding diaryl/α,β-unsaturated/α-hetero) is 2. The van der Waals surface area contributed by atoms with E-state index in [4.69, 9.17) is 15.2 Å². The summed E-state index contributed by atoms with van der Waals surface area (Å²) >= 11 is 1.14. The Labute approximate surface area is 148 Å². The summed E-state index contributed by atoms with van der Waals surface area (Å²) in [6.45, 7) is 3.00. The first-order valence-electron chi connectivity index (χ1n) is 7.31. The summed E-state index contributed by atoms with van der Waals surface area (Å²) in [4.78, 5) is 33.1. The fourth-order valence-electron chi connectivity index (χ4n) is 2.54. The molecule has 1 heterocycles. The van der Waals surface area contributed by atoms with Gasteiger partial charge >= 0.3 is 24.0 Å². The third kappa shape index (κ3) is 8.67. The van der Waals surface area contributed by atoms with E-state index in [0.29, 0.717) is 0 Å². The molecule has 2 unspecified atom stereocenters. The van der Waals surface area contributed by atoms with Crippen molar-refractivity contribution in [2.24, 2.45) is 17.4 Å². The van der Waals surface area contributed by atoms with Crippen molar-refractivity contribution in [1.82, 2.24) is 5.32 Å². The number of carbonyl (C=O) groups is 3. The Balaban J connectivity index is 0. The topological polar surface area (TPSA) is 167 Å². The van der Waals surface area contributed by atoms with Crippen molar-refractivity contribution in [1.29, 1.82) is 0 Å². The zero-order valence-electron chi connectivity index (χ0n) is 13.5. The van der Waals surface area contributed by atoms with Crippen LogP contribution in [0, 0.1) is 5.92 Å². The molecule has 8 N–H and O–H groups in total. The number of carbonyl (C=O) groups excluding carboxylic acids is 3.